The van der Waals surface area contributed by atoms with Crippen LogP contribution in [0.5, 0.6) is 11.5 Å². The van der Waals surface area contributed by atoms with Crippen LogP contribution in [0.15, 0.2) is 42.5 Å². The average molecular weight is 370 g/mol. The number of ether oxygens (including phenoxy) is 2. The van der Waals surface area contributed by atoms with Gasteiger partial charge in [0.1, 0.15) is 11.5 Å². The van der Waals surface area contributed by atoms with Gasteiger partial charge < -0.3 is 20.1 Å². The van der Waals surface area contributed by atoms with E-state index in [0.29, 0.717) is 23.6 Å². The second-order valence-electron chi connectivity index (χ2n) is 6.50. The maximum atomic E-state index is 12.4. The smallest absolute Gasteiger partial charge is 0.228 e. The fraction of sp³-hybridized carbons (Fsp3) is 0.333. The van der Waals surface area contributed by atoms with Crippen LogP contribution in [0.25, 0.3) is 0 Å². The molecule has 2 aromatic carbocycles. The van der Waals surface area contributed by atoms with E-state index >= 15 is 0 Å². The summed E-state index contributed by atoms with van der Waals surface area (Å²) in [5.74, 6) is 1.12. The summed E-state index contributed by atoms with van der Waals surface area (Å²) >= 11 is 0. The molecule has 2 aromatic rings. The molecule has 0 aliphatic rings. The van der Waals surface area contributed by atoms with E-state index < -0.39 is 0 Å². The van der Waals surface area contributed by atoms with Gasteiger partial charge in [-0.3, -0.25) is 9.59 Å². The van der Waals surface area contributed by atoms with Gasteiger partial charge >= 0.3 is 0 Å². The molecule has 0 spiro atoms. The summed E-state index contributed by atoms with van der Waals surface area (Å²) in [6, 6.07) is 12.7. The molecular formula is C21H26N2O4. The van der Waals surface area contributed by atoms with E-state index in [9.17, 15) is 9.59 Å². The Hall–Kier alpha value is -3.02. The predicted molar refractivity (Wildman–Crippen MR) is 105 cm³/mol. The number of carbonyl (C=O) groups is 2. The van der Waals surface area contributed by atoms with Gasteiger partial charge in [-0.2, -0.15) is 0 Å². The Labute approximate surface area is 159 Å². The number of amides is 2. The molecule has 144 valence electrons. The first-order chi connectivity index (χ1) is 12.9. The van der Waals surface area contributed by atoms with E-state index in [1.54, 1.807) is 44.6 Å². The molecule has 0 fully saturated rings. The van der Waals surface area contributed by atoms with Crippen LogP contribution in [-0.4, -0.2) is 32.1 Å². The lowest BCUT2D eigenvalue weighted by Gasteiger charge is -2.11. The highest BCUT2D eigenvalue weighted by atomic mass is 16.5. The maximum Gasteiger partial charge on any atom is 0.228 e. The quantitative estimate of drug-likeness (QED) is 0.749. The minimum atomic E-state index is -0.160. The lowest BCUT2D eigenvalue weighted by Crippen LogP contribution is -2.31. The van der Waals surface area contributed by atoms with Gasteiger partial charge in [-0.1, -0.05) is 12.1 Å². The highest BCUT2D eigenvalue weighted by Crippen LogP contribution is 2.24. The van der Waals surface area contributed by atoms with E-state index in [0.717, 1.165) is 11.1 Å². The summed E-state index contributed by atoms with van der Waals surface area (Å²) in [4.78, 5) is 24.2. The van der Waals surface area contributed by atoms with Crippen LogP contribution >= 0.6 is 0 Å². The second kappa shape index (κ2) is 9.62. The zero-order chi connectivity index (χ0) is 19.8. The van der Waals surface area contributed by atoms with Crippen LogP contribution in [0.2, 0.25) is 0 Å². The minimum Gasteiger partial charge on any atom is -0.497 e. The molecule has 0 aliphatic carbocycles. The molecule has 2 rings (SSSR count). The second-order valence-corrected chi connectivity index (χ2v) is 6.50. The third-order valence-corrected chi connectivity index (χ3v) is 3.89. The first-order valence-corrected chi connectivity index (χ1v) is 8.80. The van der Waals surface area contributed by atoms with E-state index in [1.165, 1.54) is 0 Å². The number of methoxy groups -OCH3 is 2. The zero-order valence-corrected chi connectivity index (χ0v) is 16.2. The molecular weight excluding hydrogens is 344 g/mol. The Morgan fingerprint density at radius 3 is 2.22 bits per heavy atom. The Bertz CT molecular complexity index is 785. The van der Waals surface area contributed by atoms with Crippen molar-refractivity contribution in [2.75, 3.05) is 19.5 Å². The van der Waals surface area contributed by atoms with Crippen molar-refractivity contribution in [2.24, 2.45) is 0 Å². The molecule has 0 heterocycles. The number of anilines is 1. The molecule has 0 saturated heterocycles. The number of benzene rings is 2. The summed E-state index contributed by atoms with van der Waals surface area (Å²) in [6.07, 6.45) is 0.479. The Morgan fingerprint density at radius 1 is 0.926 bits per heavy atom. The van der Waals surface area contributed by atoms with E-state index in [-0.39, 0.29) is 24.3 Å². The summed E-state index contributed by atoms with van der Waals surface area (Å²) < 4.78 is 10.5. The molecule has 0 bridgehead atoms. The number of rotatable bonds is 8. The lowest BCUT2D eigenvalue weighted by atomic mass is 10.1. The number of hydrogen-bond acceptors (Lipinski definition) is 4. The van der Waals surface area contributed by atoms with Gasteiger partial charge in [0.05, 0.1) is 27.1 Å². The molecule has 0 saturated carbocycles. The van der Waals surface area contributed by atoms with Crippen LogP contribution in [0.4, 0.5) is 5.69 Å². The average Bonchev–Trinajstić information content (AvgIpc) is 2.62. The van der Waals surface area contributed by atoms with Gasteiger partial charge in [0.2, 0.25) is 11.8 Å². The Kier molecular flexibility index (Phi) is 7.23. The molecule has 6 heteroatoms. The topological polar surface area (TPSA) is 76.7 Å². The van der Waals surface area contributed by atoms with Crippen molar-refractivity contribution in [1.82, 2.24) is 5.32 Å². The van der Waals surface area contributed by atoms with Crippen molar-refractivity contribution in [1.29, 1.82) is 0 Å². The monoisotopic (exact) mass is 370 g/mol. The van der Waals surface area contributed by atoms with Crippen molar-refractivity contribution in [2.45, 2.75) is 32.7 Å². The van der Waals surface area contributed by atoms with Gasteiger partial charge in [0, 0.05) is 17.3 Å². The number of carbonyl (C=O) groups excluding carboxylic acids is 2. The fourth-order valence-corrected chi connectivity index (χ4v) is 2.66. The van der Waals surface area contributed by atoms with Crippen molar-refractivity contribution in [3.63, 3.8) is 0 Å². The predicted octanol–water partition coefficient (Wildman–Crippen LogP) is 2.95. The van der Waals surface area contributed by atoms with Crippen LogP contribution < -0.4 is 20.1 Å². The van der Waals surface area contributed by atoms with Crippen LogP contribution in [0.1, 0.15) is 25.0 Å². The first-order valence-electron chi connectivity index (χ1n) is 8.80. The van der Waals surface area contributed by atoms with Gasteiger partial charge in [0.25, 0.3) is 0 Å². The van der Waals surface area contributed by atoms with Crippen molar-refractivity contribution < 1.29 is 19.1 Å². The highest BCUT2D eigenvalue weighted by Gasteiger charge is 2.11. The molecule has 2 N–H and O–H groups in total. The Morgan fingerprint density at radius 2 is 1.63 bits per heavy atom. The van der Waals surface area contributed by atoms with Gasteiger partial charge in [-0.15, -0.1) is 0 Å². The number of nitrogens with one attached hydrogen (secondary N) is 2. The SMILES string of the molecule is COc1ccc(OC)c(CC(=O)Nc2ccc(CC(=O)NC(C)C)cc2)c1. The van der Waals surface area contributed by atoms with Crippen LogP contribution in [0, 0.1) is 0 Å². The molecule has 2 amide bonds. The third-order valence-electron chi connectivity index (χ3n) is 3.89. The van der Waals surface area contributed by atoms with E-state index in [2.05, 4.69) is 10.6 Å². The molecule has 0 aliphatic heterocycles. The third kappa shape index (κ3) is 6.33. The van der Waals surface area contributed by atoms with Crippen LogP contribution in [-0.2, 0) is 22.4 Å². The summed E-state index contributed by atoms with van der Waals surface area (Å²) in [5, 5.41) is 5.71. The summed E-state index contributed by atoms with van der Waals surface area (Å²) in [5.41, 5.74) is 2.31. The van der Waals surface area contributed by atoms with Crippen LogP contribution in [0.3, 0.4) is 0 Å². The minimum absolute atomic E-state index is 0.0214. The molecule has 27 heavy (non-hydrogen) atoms. The van der Waals surface area contributed by atoms with Crippen molar-refractivity contribution in [3.8, 4) is 11.5 Å². The standard InChI is InChI=1S/C21H26N2O4/c1-14(2)22-20(24)11-15-5-7-17(8-6-15)23-21(25)13-16-12-18(26-3)9-10-19(16)27-4/h5-10,12,14H,11,13H2,1-4H3,(H,22,24)(H,23,25). The summed E-state index contributed by atoms with van der Waals surface area (Å²) in [7, 11) is 3.14. The van der Waals surface area contributed by atoms with Crippen molar-refractivity contribution >= 4 is 17.5 Å². The van der Waals surface area contributed by atoms with Gasteiger partial charge in [-0.05, 0) is 49.7 Å². The molecule has 0 aromatic heterocycles. The van der Waals surface area contributed by atoms with Gasteiger partial charge in [0.15, 0.2) is 0 Å². The normalized spacial score (nSPS) is 10.4. The molecule has 0 radical (unpaired) electrons. The van der Waals surface area contributed by atoms with E-state index in [1.807, 2.05) is 26.0 Å². The Balaban J connectivity index is 1.97. The van der Waals surface area contributed by atoms with Gasteiger partial charge in [-0.25, -0.2) is 0 Å². The molecule has 0 unspecified atom stereocenters. The maximum absolute atomic E-state index is 12.4. The summed E-state index contributed by atoms with van der Waals surface area (Å²) in [6.45, 7) is 3.85. The zero-order valence-electron chi connectivity index (χ0n) is 16.2. The largest absolute Gasteiger partial charge is 0.497 e. The fourth-order valence-electron chi connectivity index (χ4n) is 2.66. The van der Waals surface area contributed by atoms with Crippen molar-refractivity contribution in [3.05, 3.63) is 53.6 Å². The first kappa shape index (κ1) is 20.3. The number of hydrogen-bond donors (Lipinski definition) is 2. The van der Waals surface area contributed by atoms with E-state index in [4.69, 9.17) is 9.47 Å². The highest BCUT2D eigenvalue weighted by molar-refractivity contribution is 5.92. The molecule has 6 nitrogen and oxygen atoms in total. The molecule has 0 atom stereocenters. The lowest BCUT2D eigenvalue weighted by molar-refractivity contribution is -0.121.